The van der Waals surface area contributed by atoms with Gasteiger partial charge in [0.25, 0.3) is 0 Å². The highest BCUT2D eigenvalue weighted by atomic mass is 16.5. The van der Waals surface area contributed by atoms with Crippen LogP contribution in [0.25, 0.3) is 10.9 Å². The highest BCUT2D eigenvalue weighted by Gasteiger charge is 2.15. The molecule has 0 bridgehead atoms. The summed E-state index contributed by atoms with van der Waals surface area (Å²) in [5.41, 5.74) is 3.33. The number of aromatic nitrogens is 1. The minimum atomic E-state index is -0.900. The third kappa shape index (κ3) is 2.93. The average molecular weight is 309 g/mol. The van der Waals surface area contributed by atoms with Gasteiger partial charge >= 0.3 is 5.97 Å². The molecule has 3 rings (SSSR count). The number of aryl methyl sites for hydroxylation is 2. The molecule has 4 nitrogen and oxygen atoms in total. The van der Waals surface area contributed by atoms with Gasteiger partial charge in [-0.05, 0) is 37.1 Å². The fraction of sp³-hybridized carbons (Fsp3) is 0.211. The van der Waals surface area contributed by atoms with Crippen LogP contribution < -0.4 is 4.74 Å². The summed E-state index contributed by atoms with van der Waals surface area (Å²) in [4.78, 5) is 11.5. The quantitative estimate of drug-likeness (QED) is 0.774. The number of carbonyl (C=O) groups is 1. The van der Waals surface area contributed by atoms with E-state index in [0.29, 0.717) is 18.7 Å². The van der Waals surface area contributed by atoms with E-state index in [9.17, 15) is 9.90 Å². The van der Waals surface area contributed by atoms with Gasteiger partial charge in [-0.3, -0.25) is 0 Å². The molecule has 1 aromatic heterocycles. The summed E-state index contributed by atoms with van der Waals surface area (Å²) in [5, 5.41) is 10.2. The minimum absolute atomic E-state index is 0.342. The van der Waals surface area contributed by atoms with E-state index in [1.165, 1.54) is 0 Å². The first-order chi connectivity index (χ1) is 11.1. The number of ether oxygens (including phenoxy) is 1. The molecule has 4 heteroatoms. The number of fused-ring (bicyclic) bond motifs is 1. The monoisotopic (exact) mass is 309 g/mol. The molecular weight excluding hydrogens is 290 g/mol. The lowest BCUT2D eigenvalue weighted by molar-refractivity contribution is 0.0698. The number of rotatable bonds is 5. The number of hydrogen-bond donors (Lipinski definition) is 1. The van der Waals surface area contributed by atoms with Gasteiger partial charge in [0.1, 0.15) is 12.4 Å². The number of nitrogens with zero attached hydrogens (tertiary/aromatic N) is 1. The Morgan fingerprint density at radius 1 is 1.09 bits per heavy atom. The number of carboxylic acids is 1. The second-order valence-electron chi connectivity index (χ2n) is 5.62. The Balaban J connectivity index is 1.85. The fourth-order valence-electron chi connectivity index (χ4n) is 2.85. The van der Waals surface area contributed by atoms with E-state index in [1.807, 2.05) is 60.9 Å². The third-order valence-electron chi connectivity index (χ3n) is 4.03. The molecule has 0 radical (unpaired) electrons. The van der Waals surface area contributed by atoms with Gasteiger partial charge in [-0.1, -0.05) is 30.3 Å². The molecule has 0 atom stereocenters. The molecule has 118 valence electrons. The zero-order valence-corrected chi connectivity index (χ0v) is 13.2. The number of hydrogen-bond acceptors (Lipinski definition) is 2. The average Bonchev–Trinajstić information content (AvgIpc) is 2.90. The smallest absolute Gasteiger partial charge is 0.337 e. The van der Waals surface area contributed by atoms with Gasteiger partial charge in [-0.25, -0.2) is 4.79 Å². The number of benzene rings is 2. The maximum absolute atomic E-state index is 11.5. The standard InChI is InChI=1S/C19H19NO3/c1-13-6-3-4-9-17(13)23-11-10-20-12-15(19(21)22)18-14(2)7-5-8-16(18)20/h3-9,12H,10-11H2,1-2H3,(H,21,22). The number of para-hydroxylation sites is 1. The topological polar surface area (TPSA) is 51.5 Å². The summed E-state index contributed by atoms with van der Waals surface area (Å²) in [6.45, 7) is 5.03. The molecule has 0 amide bonds. The molecule has 0 aliphatic rings. The van der Waals surface area contributed by atoms with Crippen LogP contribution in [0.3, 0.4) is 0 Å². The van der Waals surface area contributed by atoms with E-state index >= 15 is 0 Å². The Labute approximate surface area is 134 Å². The van der Waals surface area contributed by atoms with Crippen LogP contribution in [-0.4, -0.2) is 22.2 Å². The lowest BCUT2D eigenvalue weighted by atomic mass is 10.1. The molecule has 0 saturated carbocycles. The van der Waals surface area contributed by atoms with Crippen molar-refractivity contribution in [3.05, 3.63) is 65.4 Å². The Kier molecular flexibility index (Phi) is 4.06. The molecule has 0 aliphatic heterocycles. The van der Waals surface area contributed by atoms with Gasteiger partial charge < -0.3 is 14.4 Å². The van der Waals surface area contributed by atoms with Crippen molar-refractivity contribution in [3.8, 4) is 5.75 Å². The van der Waals surface area contributed by atoms with Gasteiger partial charge in [-0.15, -0.1) is 0 Å². The van der Waals surface area contributed by atoms with Gasteiger partial charge in [0, 0.05) is 17.1 Å². The van der Waals surface area contributed by atoms with Gasteiger partial charge in [-0.2, -0.15) is 0 Å². The first-order valence-electron chi connectivity index (χ1n) is 7.58. The Morgan fingerprint density at radius 2 is 1.83 bits per heavy atom. The van der Waals surface area contributed by atoms with Crippen molar-refractivity contribution in [1.29, 1.82) is 0 Å². The largest absolute Gasteiger partial charge is 0.491 e. The van der Waals surface area contributed by atoms with Gasteiger partial charge in [0.15, 0.2) is 0 Å². The van der Waals surface area contributed by atoms with Crippen LogP contribution >= 0.6 is 0 Å². The molecule has 0 spiro atoms. The van der Waals surface area contributed by atoms with E-state index in [0.717, 1.165) is 27.8 Å². The zero-order valence-electron chi connectivity index (χ0n) is 13.2. The van der Waals surface area contributed by atoms with Gasteiger partial charge in [0.2, 0.25) is 0 Å². The highest BCUT2D eigenvalue weighted by Crippen LogP contribution is 2.25. The van der Waals surface area contributed by atoms with Crippen LogP contribution in [0.5, 0.6) is 5.75 Å². The highest BCUT2D eigenvalue weighted by molar-refractivity contribution is 6.04. The SMILES string of the molecule is Cc1ccccc1OCCn1cc(C(=O)O)c2c(C)cccc21. The molecule has 23 heavy (non-hydrogen) atoms. The van der Waals surface area contributed by atoms with Crippen molar-refractivity contribution < 1.29 is 14.6 Å². The van der Waals surface area contributed by atoms with Crippen molar-refractivity contribution in [2.45, 2.75) is 20.4 Å². The van der Waals surface area contributed by atoms with E-state index in [2.05, 4.69) is 0 Å². The first-order valence-corrected chi connectivity index (χ1v) is 7.58. The predicted octanol–water partition coefficient (Wildman–Crippen LogP) is 4.04. The molecule has 3 aromatic rings. The molecule has 0 saturated heterocycles. The van der Waals surface area contributed by atoms with E-state index in [1.54, 1.807) is 6.20 Å². The van der Waals surface area contributed by atoms with Crippen molar-refractivity contribution in [2.75, 3.05) is 6.61 Å². The molecule has 0 fully saturated rings. The van der Waals surface area contributed by atoms with Crippen LogP contribution in [0.15, 0.2) is 48.7 Å². The first kappa shape index (κ1) is 15.2. The summed E-state index contributed by atoms with van der Waals surface area (Å²) in [7, 11) is 0. The molecule has 2 aromatic carbocycles. The Morgan fingerprint density at radius 3 is 2.57 bits per heavy atom. The zero-order chi connectivity index (χ0) is 16.4. The number of aromatic carboxylic acids is 1. The van der Waals surface area contributed by atoms with Crippen molar-refractivity contribution in [1.82, 2.24) is 4.57 Å². The summed E-state index contributed by atoms with van der Waals surface area (Å²) in [6, 6.07) is 13.7. The van der Waals surface area contributed by atoms with Crippen molar-refractivity contribution >= 4 is 16.9 Å². The van der Waals surface area contributed by atoms with Crippen molar-refractivity contribution in [3.63, 3.8) is 0 Å². The summed E-state index contributed by atoms with van der Waals surface area (Å²) < 4.78 is 7.77. The molecule has 1 heterocycles. The van der Waals surface area contributed by atoms with Crippen LogP contribution in [0.1, 0.15) is 21.5 Å². The van der Waals surface area contributed by atoms with Crippen LogP contribution in [-0.2, 0) is 6.54 Å². The maximum atomic E-state index is 11.5. The molecule has 1 N–H and O–H groups in total. The Hall–Kier alpha value is -2.75. The fourth-order valence-corrected chi connectivity index (χ4v) is 2.85. The van der Waals surface area contributed by atoms with Crippen LogP contribution in [0, 0.1) is 13.8 Å². The molecular formula is C19H19NO3. The normalized spacial score (nSPS) is 10.9. The lowest BCUT2D eigenvalue weighted by Crippen LogP contribution is -2.08. The maximum Gasteiger partial charge on any atom is 0.337 e. The third-order valence-corrected chi connectivity index (χ3v) is 4.03. The van der Waals surface area contributed by atoms with Crippen LogP contribution in [0.4, 0.5) is 0 Å². The Bertz CT molecular complexity index is 864. The van der Waals surface area contributed by atoms with E-state index < -0.39 is 5.97 Å². The van der Waals surface area contributed by atoms with Gasteiger partial charge in [0.05, 0.1) is 12.1 Å². The lowest BCUT2D eigenvalue weighted by Gasteiger charge is -2.10. The number of carboxylic acid groups (broad SMARTS) is 1. The van der Waals surface area contributed by atoms with E-state index in [-0.39, 0.29) is 0 Å². The predicted molar refractivity (Wildman–Crippen MR) is 90.3 cm³/mol. The minimum Gasteiger partial charge on any atom is -0.491 e. The summed E-state index contributed by atoms with van der Waals surface area (Å²) >= 11 is 0. The second-order valence-corrected chi connectivity index (χ2v) is 5.62. The van der Waals surface area contributed by atoms with Crippen molar-refractivity contribution in [2.24, 2.45) is 0 Å². The summed E-state index contributed by atoms with van der Waals surface area (Å²) in [5.74, 6) is -0.0403. The molecule has 0 unspecified atom stereocenters. The molecule has 0 aliphatic carbocycles. The van der Waals surface area contributed by atoms with E-state index in [4.69, 9.17) is 4.74 Å². The van der Waals surface area contributed by atoms with Crippen LogP contribution in [0.2, 0.25) is 0 Å². The second kappa shape index (κ2) is 6.16. The summed E-state index contributed by atoms with van der Waals surface area (Å²) in [6.07, 6.45) is 1.70.